The van der Waals surface area contributed by atoms with Crippen LogP contribution < -0.4 is 16.0 Å². The van der Waals surface area contributed by atoms with E-state index < -0.39 is 29.9 Å². The minimum atomic E-state index is -1.18. The minimum Gasteiger partial charge on any atom is -0.480 e. The fourth-order valence-electron chi connectivity index (χ4n) is 1.15. The van der Waals surface area contributed by atoms with E-state index in [0.717, 1.165) is 11.8 Å². The van der Waals surface area contributed by atoms with Crippen LogP contribution in [0.25, 0.3) is 0 Å². The highest BCUT2D eigenvalue weighted by Gasteiger charge is 2.19. The molecule has 0 bridgehead atoms. The van der Waals surface area contributed by atoms with Crippen LogP contribution in [0.15, 0.2) is 0 Å². The molecule has 0 saturated heterocycles. The van der Waals surface area contributed by atoms with Crippen molar-refractivity contribution < 1.29 is 24.3 Å². The van der Waals surface area contributed by atoms with Gasteiger partial charge >= 0.3 is 12.0 Å². The van der Waals surface area contributed by atoms with Crippen LogP contribution >= 0.6 is 11.8 Å². The lowest BCUT2D eigenvalue weighted by Gasteiger charge is -2.13. The standard InChI is InChI=1S/C11H19N3O5S/c1-6(2)12-11(19)14-9(16)5-20-4-8(10(17)18)13-7(3)15/h6,8H,4-5H2,1-3H3,(H,13,15)(H,17,18)(H2,12,14,16,19). The number of rotatable bonds is 7. The van der Waals surface area contributed by atoms with Crippen molar-refractivity contribution in [3.8, 4) is 0 Å². The minimum absolute atomic E-state index is 0.0358. The number of carbonyl (C=O) groups is 4. The van der Waals surface area contributed by atoms with Gasteiger partial charge in [-0.3, -0.25) is 14.9 Å². The molecule has 0 aromatic rings. The summed E-state index contributed by atoms with van der Waals surface area (Å²) >= 11 is 1.01. The second kappa shape index (κ2) is 9.18. The molecular weight excluding hydrogens is 286 g/mol. The van der Waals surface area contributed by atoms with Gasteiger partial charge in [0.2, 0.25) is 11.8 Å². The van der Waals surface area contributed by atoms with E-state index in [0.29, 0.717) is 0 Å². The molecule has 0 aliphatic heterocycles. The van der Waals surface area contributed by atoms with Crippen molar-refractivity contribution in [2.45, 2.75) is 32.9 Å². The molecule has 0 rings (SSSR count). The topological polar surface area (TPSA) is 125 Å². The van der Waals surface area contributed by atoms with Crippen molar-refractivity contribution in [1.82, 2.24) is 16.0 Å². The van der Waals surface area contributed by atoms with Crippen LogP contribution in [0, 0.1) is 0 Å². The Morgan fingerprint density at radius 2 is 1.75 bits per heavy atom. The Labute approximate surface area is 121 Å². The van der Waals surface area contributed by atoms with E-state index in [-0.39, 0.29) is 17.5 Å². The number of aliphatic carboxylic acids is 1. The second-order valence-corrected chi connectivity index (χ2v) is 5.31. The van der Waals surface area contributed by atoms with Crippen LogP contribution in [-0.4, -0.2) is 52.5 Å². The van der Waals surface area contributed by atoms with Gasteiger partial charge in [0.15, 0.2) is 0 Å². The molecule has 1 unspecified atom stereocenters. The van der Waals surface area contributed by atoms with Crippen LogP contribution in [0.2, 0.25) is 0 Å². The molecule has 20 heavy (non-hydrogen) atoms. The van der Waals surface area contributed by atoms with E-state index in [1.54, 1.807) is 13.8 Å². The fraction of sp³-hybridized carbons (Fsp3) is 0.636. The molecule has 0 aromatic carbocycles. The number of carboxylic acids is 1. The lowest BCUT2D eigenvalue weighted by atomic mass is 10.3. The average molecular weight is 305 g/mol. The summed E-state index contributed by atoms with van der Waals surface area (Å²) in [5.41, 5.74) is 0. The quantitative estimate of drug-likeness (QED) is 0.504. The highest BCUT2D eigenvalue weighted by atomic mass is 32.2. The van der Waals surface area contributed by atoms with Crippen LogP contribution in [0.1, 0.15) is 20.8 Å². The summed E-state index contributed by atoms with van der Waals surface area (Å²) in [5.74, 6) is -2.20. The lowest BCUT2D eigenvalue weighted by Crippen LogP contribution is -2.44. The molecular formula is C11H19N3O5S. The van der Waals surface area contributed by atoms with E-state index >= 15 is 0 Å². The predicted octanol–water partition coefficient (Wildman–Crippen LogP) is -0.457. The number of hydrogen-bond donors (Lipinski definition) is 4. The lowest BCUT2D eigenvalue weighted by molar-refractivity contribution is -0.140. The Bertz CT molecular complexity index is 386. The molecule has 4 amide bonds. The van der Waals surface area contributed by atoms with Crippen molar-refractivity contribution in [3.63, 3.8) is 0 Å². The van der Waals surface area contributed by atoms with Crippen molar-refractivity contribution in [1.29, 1.82) is 0 Å². The van der Waals surface area contributed by atoms with Gasteiger partial charge in [-0.15, -0.1) is 11.8 Å². The Morgan fingerprint density at radius 3 is 2.20 bits per heavy atom. The van der Waals surface area contributed by atoms with E-state index in [2.05, 4.69) is 16.0 Å². The number of urea groups is 1. The summed E-state index contributed by atoms with van der Waals surface area (Å²) in [4.78, 5) is 44.2. The monoisotopic (exact) mass is 305 g/mol. The average Bonchev–Trinajstić information content (AvgIpc) is 2.25. The molecule has 4 N–H and O–H groups in total. The van der Waals surface area contributed by atoms with E-state index in [4.69, 9.17) is 5.11 Å². The first kappa shape index (κ1) is 18.2. The Morgan fingerprint density at radius 1 is 1.15 bits per heavy atom. The van der Waals surface area contributed by atoms with Crippen molar-refractivity contribution in [2.24, 2.45) is 0 Å². The zero-order valence-electron chi connectivity index (χ0n) is 11.6. The summed E-state index contributed by atoms with van der Waals surface area (Å²) < 4.78 is 0. The Kier molecular flexibility index (Phi) is 8.37. The zero-order valence-corrected chi connectivity index (χ0v) is 12.4. The molecule has 0 spiro atoms. The summed E-state index contributed by atoms with van der Waals surface area (Å²) in [5, 5.41) is 15.7. The van der Waals surface area contributed by atoms with E-state index in [1.165, 1.54) is 6.92 Å². The smallest absolute Gasteiger partial charge is 0.327 e. The third-order valence-electron chi connectivity index (χ3n) is 1.87. The third kappa shape index (κ3) is 9.20. The number of nitrogens with one attached hydrogen (secondary N) is 3. The molecule has 0 radical (unpaired) electrons. The van der Waals surface area contributed by atoms with Crippen LogP contribution in [-0.2, 0) is 14.4 Å². The van der Waals surface area contributed by atoms with Gasteiger partial charge in [0, 0.05) is 18.7 Å². The summed E-state index contributed by atoms with van der Waals surface area (Å²) in [6.45, 7) is 4.72. The zero-order chi connectivity index (χ0) is 15.7. The number of amides is 4. The number of carbonyl (C=O) groups excluding carboxylic acids is 3. The van der Waals surface area contributed by atoms with Crippen LogP contribution in [0.4, 0.5) is 4.79 Å². The molecule has 8 nitrogen and oxygen atoms in total. The molecule has 0 aromatic heterocycles. The van der Waals surface area contributed by atoms with Gasteiger partial charge < -0.3 is 15.7 Å². The van der Waals surface area contributed by atoms with Crippen LogP contribution in [0.3, 0.4) is 0 Å². The van der Waals surface area contributed by atoms with Gasteiger partial charge in [0.05, 0.1) is 5.75 Å². The highest BCUT2D eigenvalue weighted by Crippen LogP contribution is 2.03. The first-order valence-electron chi connectivity index (χ1n) is 5.90. The number of imide groups is 1. The number of hydrogen-bond acceptors (Lipinski definition) is 5. The number of carboxylic acid groups (broad SMARTS) is 1. The molecule has 0 heterocycles. The van der Waals surface area contributed by atoms with Crippen LogP contribution in [0.5, 0.6) is 0 Å². The van der Waals surface area contributed by atoms with Gasteiger partial charge in [-0.2, -0.15) is 0 Å². The summed E-state index contributed by atoms with van der Waals surface area (Å²) in [6.07, 6.45) is 0. The van der Waals surface area contributed by atoms with Gasteiger partial charge in [-0.05, 0) is 13.8 Å². The van der Waals surface area contributed by atoms with Gasteiger partial charge in [0.25, 0.3) is 0 Å². The van der Waals surface area contributed by atoms with Crippen molar-refractivity contribution in [2.75, 3.05) is 11.5 Å². The largest absolute Gasteiger partial charge is 0.480 e. The summed E-state index contributed by atoms with van der Waals surface area (Å²) in [7, 11) is 0. The van der Waals surface area contributed by atoms with Gasteiger partial charge in [-0.25, -0.2) is 9.59 Å². The second-order valence-electron chi connectivity index (χ2n) is 4.28. The molecule has 0 aliphatic rings. The SMILES string of the molecule is CC(=O)NC(CSCC(=O)NC(=O)NC(C)C)C(=O)O. The maximum atomic E-state index is 11.4. The van der Waals surface area contributed by atoms with Crippen molar-refractivity contribution in [3.05, 3.63) is 0 Å². The number of thioether (sulfide) groups is 1. The Balaban J connectivity index is 4.02. The molecule has 0 aliphatic carbocycles. The normalized spacial score (nSPS) is 11.6. The van der Waals surface area contributed by atoms with E-state index in [1.807, 2.05) is 0 Å². The first-order valence-corrected chi connectivity index (χ1v) is 7.05. The molecule has 114 valence electrons. The molecule has 1 atom stereocenters. The highest BCUT2D eigenvalue weighted by molar-refractivity contribution is 8.00. The van der Waals surface area contributed by atoms with Gasteiger partial charge in [0.1, 0.15) is 6.04 Å². The molecule has 0 saturated carbocycles. The molecule has 0 fully saturated rings. The molecule has 9 heteroatoms. The fourth-order valence-corrected chi connectivity index (χ4v) is 1.99. The van der Waals surface area contributed by atoms with Crippen molar-refractivity contribution >= 4 is 35.6 Å². The van der Waals surface area contributed by atoms with Gasteiger partial charge in [-0.1, -0.05) is 0 Å². The predicted molar refractivity (Wildman–Crippen MR) is 74.4 cm³/mol. The Hall–Kier alpha value is -1.77. The summed E-state index contributed by atoms with van der Waals surface area (Å²) in [6, 6.07) is -1.75. The third-order valence-corrected chi connectivity index (χ3v) is 2.90. The maximum absolute atomic E-state index is 11.4. The van der Waals surface area contributed by atoms with E-state index in [9.17, 15) is 19.2 Å². The maximum Gasteiger partial charge on any atom is 0.327 e. The first-order chi connectivity index (χ1) is 9.22.